The second-order valence-electron chi connectivity index (χ2n) is 6.79. The van der Waals surface area contributed by atoms with E-state index in [1.807, 2.05) is 43.3 Å². The van der Waals surface area contributed by atoms with Crippen LogP contribution in [0.1, 0.15) is 12.0 Å². The summed E-state index contributed by atoms with van der Waals surface area (Å²) in [5.41, 5.74) is -0.335. The quantitative estimate of drug-likeness (QED) is 0.734. The number of benzene rings is 1. The summed E-state index contributed by atoms with van der Waals surface area (Å²) in [5, 5.41) is 11.5. The van der Waals surface area contributed by atoms with Crippen molar-refractivity contribution in [3.05, 3.63) is 42.5 Å². The van der Waals surface area contributed by atoms with Crippen LogP contribution in [-0.2, 0) is 15.6 Å². The fraction of sp³-hybridized carbons (Fsp3) is 0.556. The van der Waals surface area contributed by atoms with Gasteiger partial charge in [-0.3, -0.25) is 0 Å². The molecule has 0 bridgehead atoms. The van der Waals surface area contributed by atoms with Crippen LogP contribution in [0, 0.1) is 5.92 Å². The van der Waals surface area contributed by atoms with E-state index < -0.39 is 15.6 Å². The first-order chi connectivity index (χ1) is 11.7. The zero-order chi connectivity index (χ0) is 18.7. The number of methoxy groups -OCH3 is 1. The summed E-state index contributed by atoms with van der Waals surface area (Å²) in [6, 6.07) is 7.38. The van der Waals surface area contributed by atoms with E-state index in [0.29, 0.717) is 18.7 Å². The Hall–Kier alpha value is -1.41. The van der Waals surface area contributed by atoms with Gasteiger partial charge < -0.3 is 14.7 Å². The van der Waals surface area contributed by atoms with Crippen molar-refractivity contribution >= 4 is 10.0 Å². The van der Waals surface area contributed by atoms with E-state index in [0.717, 1.165) is 5.56 Å². The molecule has 1 N–H and O–H groups in total. The highest BCUT2D eigenvalue weighted by Crippen LogP contribution is 2.39. The normalized spacial score (nSPS) is 25.1. The van der Waals surface area contributed by atoms with Gasteiger partial charge in [0.15, 0.2) is 0 Å². The second kappa shape index (κ2) is 7.86. The number of rotatable bonds is 7. The van der Waals surface area contributed by atoms with Gasteiger partial charge in [-0.1, -0.05) is 18.2 Å². The minimum absolute atomic E-state index is 0.0841. The molecule has 1 aliphatic heterocycles. The lowest BCUT2D eigenvalue weighted by atomic mass is 9.76. The van der Waals surface area contributed by atoms with Crippen LogP contribution in [0.4, 0.5) is 0 Å². The number of ether oxygens (including phenoxy) is 1. The van der Waals surface area contributed by atoms with Gasteiger partial charge in [0.1, 0.15) is 5.75 Å². The van der Waals surface area contributed by atoms with Crippen molar-refractivity contribution in [1.29, 1.82) is 0 Å². The van der Waals surface area contributed by atoms with Crippen molar-refractivity contribution in [1.82, 2.24) is 9.21 Å². The van der Waals surface area contributed by atoms with Crippen molar-refractivity contribution in [2.24, 2.45) is 5.92 Å². The Bertz CT molecular complexity index is 705. The van der Waals surface area contributed by atoms with E-state index in [9.17, 15) is 13.5 Å². The molecule has 1 aromatic carbocycles. The summed E-state index contributed by atoms with van der Waals surface area (Å²) in [4.78, 5) is 1.97. The predicted octanol–water partition coefficient (Wildman–Crippen LogP) is 1.28. The summed E-state index contributed by atoms with van der Waals surface area (Å²) in [6.07, 6.45) is 1.74. The molecule has 2 atom stereocenters. The van der Waals surface area contributed by atoms with Crippen LogP contribution in [0.5, 0.6) is 5.75 Å². The van der Waals surface area contributed by atoms with E-state index in [1.165, 1.54) is 10.4 Å². The summed E-state index contributed by atoms with van der Waals surface area (Å²) in [5.74, 6) is 0.346. The third-order valence-electron chi connectivity index (χ3n) is 4.72. The molecule has 1 aromatic rings. The van der Waals surface area contributed by atoms with Gasteiger partial charge in [-0.2, -0.15) is 0 Å². The molecular weight excluding hydrogens is 340 g/mol. The van der Waals surface area contributed by atoms with Crippen molar-refractivity contribution in [2.45, 2.75) is 12.0 Å². The van der Waals surface area contributed by atoms with Crippen LogP contribution in [0.25, 0.3) is 0 Å². The Labute approximate surface area is 150 Å². The first-order valence-corrected chi connectivity index (χ1v) is 9.94. The molecule has 0 spiro atoms. The largest absolute Gasteiger partial charge is 0.497 e. The zero-order valence-electron chi connectivity index (χ0n) is 15.2. The Kier molecular flexibility index (Phi) is 6.26. The van der Waals surface area contributed by atoms with Gasteiger partial charge in [0.2, 0.25) is 10.0 Å². The standard InChI is InChI=1S/C18H28N2O4S/c1-5-11-25(22,23)20-10-9-18(21,16(14-20)13-19(2)3)15-7-6-8-17(12-15)24-4/h5-8,12,16,21H,1,9-11,13-14H2,2-4H3. The molecule has 1 heterocycles. The molecule has 1 saturated heterocycles. The van der Waals surface area contributed by atoms with Gasteiger partial charge >= 0.3 is 0 Å². The third kappa shape index (κ3) is 4.41. The zero-order valence-corrected chi connectivity index (χ0v) is 16.0. The maximum absolute atomic E-state index is 12.4. The van der Waals surface area contributed by atoms with Crippen LogP contribution >= 0.6 is 0 Å². The Morgan fingerprint density at radius 1 is 1.48 bits per heavy atom. The summed E-state index contributed by atoms with van der Waals surface area (Å²) in [7, 11) is 2.04. The van der Waals surface area contributed by atoms with Crippen LogP contribution in [0.15, 0.2) is 36.9 Å². The van der Waals surface area contributed by atoms with E-state index in [2.05, 4.69) is 6.58 Å². The molecule has 2 unspecified atom stereocenters. The lowest BCUT2D eigenvalue weighted by Crippen LogP contribution is -2.54. The molecule has 140 valence electrons. The average Bonchev–Trinajstić information content (AvgIpc) is 2.56. The van der Waals surface area contributed by atoms with Gasteiger partial charge in [0.25, 0.3) is 0 Å². The van der Waals surface area contributed by atoms with E-state index >= 15 is 0 Å². The van der Waals surface area contributed by atoms with Crippen molar-refractivity contribution in [3.63, 3.8) is 0 Å². The smallest absolute Gasteiger partial charge is 0.217 e. The number of piperidine rings is 1. The number of aliphatic hydroxyl groups is 1. The molecule has 7 heteroatoms. The molecule has 2 rings (SSSR count). The van der Waals surface area contributed by atoms with Gasteiger partial charge in [0.05, 0.1) is 18.5 Å². The molecule has 25 heavy (non-hydrogen) atoms. The Morgan fingerprint density at radius 3 is 2.80 bits per heavy atom. The highest BCUT2D eigenvalue weighted by molar-refractivity contribution is 7.89. The number of hydrogen-bond donors (Lipinski definition) is 1. The first-order valence-electron chi connectivity index (χ1n) is 8.33. The molecule has 0 aromatic heterocycles. The SMILES string of the molecule is C=CCS(=O)(=O)N1CCC(O)(c2cccc(OC)c2)C(CN(C)C)C1. The fourth-order valence-electron chi connectivity index (χ4n) is 3.42. The van der Waals surface area contributed by atoms with Crippen LogP contribution in [0.3, 0.4) is 0 Å². The van der Waals surface area contributed by atoms with Crippen molar-refractivity contribution in [3.8, 4) is 5.75 Å². The minimum atomic E-state index is -3.39. The van der Waals surface area contributed by atoms with Crippen LogP contribution in [-0.4, -0.2) is 69.3 Å². The maximum atomic E-state index is 12.4. The Balaban J connectivity index is 2.35. The van der Waals surface area contributed by atoms with E-state index in [1.54, 1.807) is 7.11 Å². The van der Waals surface area contributed by atoms with Crippen molar-refractivity contribution in [2.75, 3.05) is 46.6 Å². The van der Waals surface area contributed by atoms with Gasteiger partial charge in [-0.15, -0.1) is 6.58 Å². The van der Waals surface area contributed by atoms with Gasteiger partial charge in [-0.05, 0) is 38.2 Å². The molecule has 0 saturated carbocycles. The average molecular weight is 368 g/mol. The minimum Gasteiger partial charge on any atom is -0.497 e. The molecular formula is C18H28N2O4S. The number of sulfonamides is 1. The molecule has 0 amide bonds. The number of nitrogens with zero attached hydrogens (tertiary/aromatic N) is 2. The van der Waals surface area contributed by atoms with Crippen molar-refractivity contribution < 1.29 is 18.3 Å². The summed E-state index contributed by atoms with van der Waals surface area (Å²) < 4.78 is 31.6. The predicted molar refractivity (Wildman–Crippen MR) is 99.1 cm³/mol. The third-order valence-corrected chi connectivity index (χ3v) is 6.49. The highest BCUT2D eigenvalue weighted by Gasteiger charge is 2.45. The van der Waals surface area contributed by atoms with E-state index in [-0.39, 0.29) is 24.8 Å². The first kappa shape index (κ1) is 19.9. The van der Waals surface area contributed by atoms with Gasteiger partial charge in [0, 0.05) is 25.6 Å². The molecule has 0 aliphatic carbocycles. The second-order valence-corrected chi connectivity index (χ2v) is 8.80. The molecule has 6 nitrogen and oxygen atoms in total. The number of hydrogen-bond acceptors (Lipinski definition) is 5. The van der Waals surface area contributed by atoms with Gasteiger partial charge in [-0.25, -0.2) is 12.7 Å². The summed E-state index contributed by atoms with van der Waals surface area (Å²) >= 11 is 0. The molecule has 1 aliphatic rings. The molecule has 0 radical (unpaired) electrons. The summed E-state index contributed by atoms with van der Waals surface area (Å²) in [6.45, 7) is 4.67. The molecule has 1 fully saturated rings. The van der Waals surface area contributed by atoms with Crippen LogP contribution < -0.4 is 4.74 Å². The maximum Gasteiger partial charge on any atom is 0.217 e. The monoisotopic (exact) mass is 368 g/mol. The van der Waals surface area contributed by atoms with Crippen LogP contribution in [0.2, 0.25) is 0 Å². The lowest BCUT2D eigenvalue weighted by Gasteiger charge is -2.45. The van der Waals surface area contributed by atoms with E-state index in [4.69, 9.17) is 4.74 Å². The Morgan fingerprint density at radius 2 is 2.20 bits per heavy atom. The highest BCUT2D eigenvalue weighted by atomic mass is 32.2. The lowest BCUT2D eigenvalue weighted by molar-refractivity contribution is -0.0698. The topological polar surface area (TPSA) is 70.1 Å². The fourth-order valence-corrected chi connectivity index (χ4v) is 4.70.